The van der Waals surface area contributed by atoms with E-state index >= 15 is 0 Å². The molecule has 4 rings (SSSR count). The molecular weight excluding hydrogens is 478 g/mol. The average molecular weight is 504 g/mol. The van der Waals surface area contributed by atoms with Crippen LogP contribution < -0.4 is 15.4 Å². The van der Waals surface area contributed by atoms with Gasteiger partial charge in [0.25, 0.3) is 0 Å². The van der Waals surface area contributed by atoms with Gasteiger partial charge in [0.2, 0.25) is 11.8 Å². The summed E-state index contributed by atoms with van der Waals surface area (Å²) in [5.41, 5.74) is 3.47. The highest BCUT2D eigenvalue weighted by atomic mass is 32.2. The number of amides is 2. The number of nitrogens with zero attached hydrogens (tertiary/aromatic N) is 1. The van der Waals surface area contributed by atoms with E-state index in [0.717, 1.165) is 33.2 Å². The fourth-order valence-corrected chi connectivity index (χ4v) is 4.71. The monoisotopic (exact) mass is 503 g/mol. The summed E-state index contributed by atoms with van der Waals surface area (Å²) in [5.74, 6) is 0.893. The molecule has 178 valence electrons. The fourth-order valence-electron chi connectivity index (χ4n) is 3.28. The third kappa shape index (κ3) is 7.43. The molecule has 0 unspecified atom stereocenters. The zero-order chi connectivity index (χ0) is 24.5. The van der Waals surface area contributed by atoms with Crippen molar-refractivity contribution in [1.82, 2.24) is 4.98 Å². The van der Waals surface area contributed by atoms with Crippen LogP contribution in [0.2, 0.25) is 0 Å². The van der Waals surface area contributed by atoms with Gasteiger partial charge in [0.1, 0.15) is 5.75 Å². The van der Waals surface area contributed by atoms with Gasteiger partial charge in [-0.15, -0.1) is 23.1 Å². The first-order valence-corrected chi connectivity index (χ1v) is 13.0. The van der Waals surface area contributed by atoms with Gasteiger partial charge in [0.05, 0.1) is 24.5 Å². The number of rotatable bonds is 10. The minimum atomic E-state index is -0.122. The maximum absolute atomic E-state index is 12.4. The van der Waals surface area contributed by atoms with Crippen LogP contribution in [0.4, 0.5) is 10.8 Å². The molecule has 6 nitrogen and oxygen atoms in total. The second kappa shape index (κ2) is 12.2. The highest BCUT2D eigenvalue weighted by Gasteiger charge is 2.10. The van der Waals surface area contributed by atoms with E-state index < -0.39 is 0 Å². The van der Waals surface area contributed by atoms with Crippen molar-refractivity contribution in [3.05, 3.63) is 89.8 Å². The molecule has 8 heteroatoms. The van der Waals surface area contributed by atoms with Crippen LogP contribution >= 0.6 is 23.1 Å². The maximum atomic E-state index is 12.4. The summed E-state index contributed by atoms with van der Waals surface area (Å²) in [6, 6.07) is 24.8. The van der Waals surface area contributed by atoms with E-state index in [1.807, 2.05) is 91.2 Å². The molecule has 1 aromatic heterocycles. The van der Waals surface area contributed by atoms with E-state index in [4.69, 9.17) is 4.74 Å². The van der Waals surface area contributed by atoms with Crippen molar-refractivity contribution < 1.29 is 14.3 Å². The van der Waals surface area contributed by atoms with Crippen LogP contribution in [-0.2, 0) is 16.0 Å². The lowest BCUT2D eigenvalue weighted by Crippen LogP contribution is -2.14. The minimum absolute atomic E-state index is 0.0657. The van der Waals surface area contributed by atoms with Crippen LogP contribution in [0.15, 0.2) is 89.1 Å². The Morgan fingerprint density at radius 1 is 0.914 bits per heavy atom. The second-order valence-electron chi connectivity index (χ2n) is 7.57. The Morgan fingerprint density at radius 2 is 1.66 bits per heavy atom. The Hall–Kier alpha value is -3.62. The Balaban J connectivity index is 1.23. The zero-order valence-corrected chi connectivity index (χ0v) is 20.8. The van der Waals surface area contributed by atoms with Crippen LogP contribution in [0, 0.1) is 0 Å². The molecule has 0 atom stereocenters. The molecule has 0 radical (unpaired) electrons. The minimum Gasteiger partial charge on any atom is -0.494 e. The number of nitrogens with one attached hydrogen (secondary N) is 2. The van der Waals surface area contributed by atoms with Crippen molar-refractivity contribution in [1.29, 1.82) is 0 Å². The molecule has 2 amide bonds. The van der Waals surface area contributed by atoms with Gasteiger partial charge in [-0.2, -0.15) is 0 Å². The summed E-state index contributed by atoms with van der Waals surface area (Å²) >= 11 is 2.82. The topological polar surface area (TPSA) is 80.3 Å². The number of carbonyl (C=O) groups excluding carboxylic acids is 2. The van der Waals surface area contributed by atoms with Crippen molar-refractivity contribution in [2.24, 2.45) is 0 Å². The molecule has 0 aliphatic carbocycles. The summed E-state index contributed by atoms with van der Waals surface area (Å²) in [7, 11) is 0. The molecule has 3 aromatic carbocycles. The highest BCUT2D eigenvalue weighted by Crippen LogP contribution is 2.27. The van der Waals surface area contributed by atoms with Gasteiger partial charge in [0, 0.05) is 21.5 Å². The van der Waals surface area contributed by atoms with Gasteiger partial charge in [-0.25, -0.2) is 4.98 Å². The third-order valence-corrected chi connectivity index (χ3v) is 6.70. The van der Waals surface area contributed by atoms with Gasteiger partial charge < -0.3 is 15.4 Å². The van der Waals surface area contributed by atoms with Gasteiger partial charge in [0.15, 0.2) is 5.13 Å². The van der Waals surface area contributed by atoms with Gasteiger partial charge in [-0.05, 0) is 61.0 Å². The molecule has 0 bridgehead atoms. The Kier molecular flexibility index (Phi) is 8.53. The number of hydrogen-bond donors (Lipinski definition) is 2. The standard InChI is InChI=1S/C27H25N3O3S2/c1-2-33-22-12-8-20(9-13-22)24-17-35-27(29-24)30-26(32)18-34-23-14-10-21(11-15-23)28-25(31)16-19-6-4-3-5-7-19/h3-15,17H,2,16,18H2,1H3,(H,28,31)(H,29,30,32). The molecule has 0 spiro atoms. The first-order valence-electron chi connectivity index (χ1n) is 11.1. The second-order valence-corrected chi connectivity index (χ2v) is 9.47. The molecule has 0 aliphatic heterocycles. The molecule has 35 heavy (non-hydrogen) atoms. The van der Waals surface area contributed by atoms with E-state index in [-0.39, 0.29) is 17.6 Å². The molecule has 0 saturated carbocycles. The number of anilines is 2. The van der Waals surface area contributed by atoms with Crippen LogP contribution in [0.3, 0.4) is 0 Å². The maximum Gasteiger partial charge on any atom is 0.236 e. The van der Waals surface area contributed by atoms with Gasteiger partial charge in [-0.3, -0.25) is 9.59 Å². The van der Waals surface area contributed by atoms with Crippen LogP contribution in [0.1, 0.15) is 12.5 Å². The number of aromatic nitrogens is 1. The SMILES string of the molecule is CCOc1ccc(-c2csc(NC(=O)CSc3ccc(NC(=O)Cc4ccccc4)cc3)n2)cc1. The normalized spacial score (nSPS) is 10.5. The van der Waals surface area contributed by atoms with Gasteiger partial charge in [-0.1, -0.05) is 30.3 Å². The summed E-state index contributed by atoms with van der Waals surface area (Å²) in [5, 5.41) is 8.25. The van der Waals surface area contributed by atoms with Crippen molar-refractivity contribution >= 4 is 45.7 Å². The lowest BCUT2D eigenvalue weighted by atomic mass is 10.1. The van der Waals surface area contributed by atoms with Gasteiger partial charge >= 0.3 is 0 Å². The predicted molar refractivity (Wildman–Crippen MR) is 143 cm³/mol. The summed E-state index contributed by atoms with van der Waals surface area (Å²) in [6.45, 7) is 2.57. The largest absolute Gasteiger partial charge is 0.494 e. The van der Waals surface area contributed by atoms with Crippen molar-refractivity contribution in [2.45, 2.75) is 18.2 Å². The summed E-state index contributed by atoms with van der Waals surface area (Å²) < 4.78 is 5.47. The zero-order valence-electron chi connectivity index (χ0n) is 19.2. The molecule has 0 saturated heterocycles. The number of thioether (sulfide) groups is 1. The van der Waals surface area contributed by atoms with E-state index in [1.54, 1.807) is 0 Å². The molecule has 0 fully saturated rings. The van der Waals surface area contributed by atoms with E-state index in [9.17, 15) is 9.59 Å². The molecule has 0 aliphatic rings. The Bertz CT molecular complexity index is 1260. The highest BCUT2D eigenvalue weighted by molar-refractivity contribution is 8.00. The van der Waals surface area contributed by atoms with E-state index in [2.05, 4.69) is 15.6 Å². The fraction of sp³-hybridized carbons (Fsp3) is 0.148. The lowest BCUT2D eigenvalue weighted by Gasteiger charge is -2.07. The number of ether oxygens (including phenoxy) is 1. The summed E-state index contributed by atoms with van der Waals surface area (Å²) in [4.78, 5) is 30.1. The van der Waals surface area contributed by atoms with Crippen LogP contribution in [0.5, 0.6) is 5.75 Å². The number of hydrogen-bond acceptors (Lipinski definition) is 6. The van der Waals surface area contributed by atoms with Crippen molar-refractivity contribution in [3.8, 4) is 17.0 Å². The first kappa shape index (κ1) is 24.5. The molecule has 2 N–H and O–H groups in total. The van der Waals surface area contributed by atoms with Crippen molar-refractivity contribution in [3.63, 3.8) is 0 Å². The predicted octanol–water partition coefficient (Wildman–Crippen LogP) is 6.12. The number of thiazole rings is 1. The molecule has 4 aromatic rings. The van der Waals surface area contributed by atoms with E-state index in [1.165, 1.54) is 23.1 Å². The molecular formula is C27H25N3O3S2. The Morgan fingerprint density at radius 3 is 2.37 bits per heavy atom. The van der Waals surface area contributed by atoms with Crippen molar-refractivity contribution in [2.75, 3.05) is 23.0 Å². The number of carbonyl (C=O) groups is 2. The van der Waals surface area contributed by atoms with Crippen LogP contribution in [-0.4, -0.2) is 29.2 Å². The summed E-state index contributed by atoms with van der Waals surface area (Å²) in [6.07, 6.45) is 0.328. The third-order valence-electron chi connectivity index (χ3n) is 4.93. The van der Waals surface area contributed by atoms with Crippen LogP contribution in [0.25, 0.3) is 11.3 Å². The first-order chi connectivity index (χ1) is 17.1. The smallest absolute Gasteiger partial charge is 0.236 e. The average Bonchev–Trinajstić information content (AvgIpc) is 3.33. The number of benzene rings is 3. The molecule has 1 heterocycles. The quantitative estimate of drug-likeness (QED) is 0.255. The lowest BCUT2D eigenvalue weighted by molar-refractivity contribution is -0.115. The Labute approximate surface area is 212 Å². The van der Waals surface area contributed by atoms with E-state index in [0.29, 0.717) is 18.2 Å².